The molecule has 15 heteroatoms. The van der Waals surface area contributed by atoms with Crippen LogP contribution in [0.3, 0.4) is 0 Å². The molecule has 5 aliphatic rings. The summed E-state index contributed by atoms with van der Waals surface area (Å²) in [6, 6.07) is 11.5. The lowest BCUT2D eigenvalue weighted by Crippen LogP contribution is -2.56. The number of esters is 1. The van der Waals surface area contributed by atoms with E-state index in [4.69, 9.17) is 28.9 Å². The lowest BCUT2D eigenvalue weighted by atomic mass is 9.87. The number of aromatic amines is 2. The van der Waals surface area contributed by atoms with Crippen molar-refractivity contribution in [2.24, 2.45) is 29.6 Å². The summed E-state index contributed by atoms with van der Waals surface area (Å²) in [6.07, 6.45) is 8.38. The Hall–Kier alpha value is -5.86. The number of carbonyl (C=O) groups excluding carboxylic acids is 4. The van der Waals surface area contributed by atoms with Gasteiger partial charge in [0.25, 0.3) is 0 Å². The van der Waals surface area contributed by atoms with Crippen LogP contribution in [0.1, 0.15) is 84.3 Å². The number of alkyl carbamates (subject to hydrolysis) is 1. The van der Waals surface area contributed by atoms with Gasteiger partial charge < -0.3 is 44.0 Å². The maximum Gasteiger partial charge on any atom is 0.407 e. The van der Waals surface area contributed by atoms with E-state index in [1.54, 1.807) is 6.20 Å². The third-order valence-corrected chi connectivity index (χ3v) is 14.1. The molecule has 9 rings (SSSR count). The zero-order valence-electron chi connectivity index (χ0n) is 35.7. The molecule has 61 heavy (non-hydrogen) atoms. The van der Waals surface area contributed by atoms with Crippen molar-refractivity contribution in [2.45, 2.75) is 89.8 Å². The number of hydrogen-bond donors (Lipinski definition) is 3. The molecule has 4 bridgehead atoms. The molecule has 2 aliphatic carbocycles. The van der Waals surface area contributed by atoms with Gasteiger partial charge in [-0.15, -0.1) is 0 Å². The number of nitrogens with one attached hydrogen (secondary N) is 3. The van der Waals surface area contributed by atoms with E-state index in [0.717, 1.165) is 83.8 Å². The van der Waals surface area contributed by atoms with Gasteiger partial charge in [0.05, 0.1) is 50.3 Å². The van der Waals surface area contributed by atoms with Crippen LogP contribution in [-0.2, 0) is 34.9 Å². The number of imidazole rings is 2. The van der Waals surface area contributed by atoms with Gasteiger partial charge in [-0.2, -0.15) is 0 Å². The summed E-state index contributed by atoms with van der Waals surface area (Å²) < 4.78 is 22.0. The van der Waals surface area contributed by atoms with Crippen molar-refractivity contribution < 1.29 is 38.1 Å². The fourth-order valence-electron chi connectivity index (χ4n) is 10.8. The Bertz CT molecular complexity index is 2350. The van der Waals surface area contributed by atoms with Crippen molar-refractivity contribution >= 4 is 23.9 Å². The molecule has 2 saturated carbocycles. The number of methoxy groups -OCH3 is 2. The van der Waals surface area contributed by atoms with Gasteiger partial charge in [-0.3, -0.25) is 14.4 Å². The number of ether oxygens (including phenoxy) is 4. The number of benzene rings is 2. The quantitative estimate of drug-likeness (QED) is 0.129. The van der Waals surface area contributed by atoms with Crippen LogP contribution in [0, 0.1) is 29.6 Å². The Kier molecular flexibility index (Phi) is 10.3. The molecule has 3 aliphatic heterocycles. The van der Waals surface area contributed by atoms with Gasteiger partial charge in [-0.05, 0) is 85.5 Å². The zero-order valence-corrected chi connectivity index (χ0v) is 35.7. The highest BCUT2D eigenvalue weighted by Gasteiger charge is 2.58. The lowest BCUT2D eigenvalue weighted by Gasteiger charge is -2.40. The van der Waals surface area contributed by atoms with E-state index >= 15 is 0 Å². The second-order valence-corrected chi connectivity index (χ2v) is 18.3. The Morgan fingerprint density at radius 3 is 1.89 bits per heavy atom. The number of carbonyl (C=O) groups is 4. The minimum absolute atomic E-state index is 0.00659. The summed E-state index contributed by atoms with van der Waals surface area (Å²) in [7, 11) is 2.66. The summed E-state index contributed by atoms with van der Waals surface area (Å²) in [5, 5.41) is 2.75. The maximum absolute atomic E-state index is 14.1. The predicted octanol–water partition coefficient (Wildman–Crippen LogP) is 6.75. The van der Waals surface area contributed by atoms with Gasteiger partial charge in [0.15, 0.2) is 11.5 Å². The first-order valence-corrected chi connectivity index (χ1v) is 21.5. The van der Waals surface area contributed by atoms with Crippen molar-refractivity contribution in [2.75, 3.05) is 34.1 Å². The number of aromatic nitrogens is 4. The van der Waals surface area contributed by atoms with Gasteiger partial charge in [0.1, 0.15) is 28.8 Å². The van der Waals surface area contributed by atoms with Crippen LogP contribution >= 0.6 is 0 Å². The largest absolute Gasteiger partial charge is 0.469 e. The van der Waals surface area contributed by atoms with Gasteiger partial charge in [-0.25, -0.2) is 14.8 Å². The first-order valence-electron chi connectivity index (χ1n) is 21.5. The highest BCUT2D eigenvalue weighted by atomic mass is 16.7. The standard InChI is InChI=1S/C46H55N7O8/c1-25(2)33(17-36(54)58-5)40(55)52-22-27-13-15-45(52,18-27)42-47-20-34(49-42)30-9-7-29(8-10-30)31-11-12-32(39-38(31)60-24-61-39)35-21-48-43(50-35)46-16-14-28(19-46)23-53(46)41(56)37(26(3)4)51-44(57)59-6/h7-12,20-21,25-28,33,37H,13-19,22-24H2,1-6H3,(H,47,49)(H,48,50)(H,51,57)/t27?,28?,33-,37-,45?,46?/m0/s1. The van der Waals surface area contributed by atoms with Gasteiger partial charge in [0, 0.05) is 24.2 Å². The molecule has 15 nitrogen and oxygen atoms in total. The van der Waals surface area contributed by atoms with Crippen molar-refractivity contribution in [1.29, 1.82) is 0 Å². The van der Waals surface area contributed by atoms with Crippen molar-refractivity contribution in [1.82, 2.24) is 35.1 Å². The number of fused-ring (bicyclic) bond motifs is 5. The molecule has 3 amide bonds. The monoisotopic (exact) mass is 833 g/mol. The topological polar surface area (TPSA) is 181 Å². The Morgan fingerprint density at radius 1 is 0.754 bits per heavy atom. The zero-order chi connectivity index (χ0) is 42.8. The van der Waals surface area contributed by atoms with E-state index in [1.807, 2.05) is 55.8 Å². The Morgan fingerprint density at radius 2 is 1.31 bits per heavy atom. The molecule has 0 radical (unpaired) electrons. The number of H-pyrrole nitrogens is 2. The number of rotatable bonds is 12. The first-order chi connectivity index (χ1) is 29.3. The number of hydrogen-bond acceptors (Lipinski definition) is 10. The summed E-state index contributed by atoms with van der Waals surface area (Å²) in [5.74, 6) is 2.43. The molecule has 2 aromatic carbocycles. The summed E-state index contributed by atoms with van der Waals surface area (Å²) in [5.41, 5.74) is 4.11. The normalized spacial score (nSPS) is 24.5. The third-order valence-electron chi connectivity index (χ3n) is 14.1. The van der Waals surface area contributed by atoms with Crippen LogP contribution in [0.15, 0.2) is 48.8 Å². The van der Waals surface area contributed by atoms with Crippen molar-refractivity contribution in [3.63, 3.8) is 0 Å². The van der Waals surface area contributed by atoms with E-state index in [2.05, 4.69) is 39.6 Å². The minimum Gasteiger partial charge on any atom is -0.469 e. The molecule has 2 aromatic heterocycles. The van der Waals surface area contributed by atoms with Crippen LogP contribution < -0.4 is 14.8 Å². The predicted molar refractivity (Wildman–Crippen MR) is 224 cm³/mol. The third kappa shape index (κ3) is 6.80. The molecular weight excluding hydrogens is 779 g/mol. The minimum atomic E-state index is -0.718. The fraction of sp³-hybridized carbons (Fsp3) is 0.522. The van der Waals surface area contributed by atoms with Crippen LogP contribution in [-0.4, -0.2) is 93.8 Å². The fourth-order valence-corrected chi connectivity index (χ4v) is 10.8. The smallest absolute Gasteiger partial charge is 0.407 e. The van der Waals surface area contributed by atoms with Crippen molar-refractivity contribution in [3.05, 3.63) is 60.4 Å². The summed E-state index contributed by atoms with van der Waals surface area (Å²) >= 11 is 0. The highest BCUT2D eigenvalue weighted by Crippen LogP contribution is 2.55. The summed E-state index contributed by atoms with van der Waals surface area (Å²) in [4.78, 5) is 73.4. The summed E-state index contributed by atoms with van der Waals surface area (Å²) in [6.45, 7) is 9.15. The molecule has 4 unspecified atom stereocenters. The molecule has 6 atom stereocenters. The molecular formula is C46H55N7O8. The van der Waals surface area contributed by atoms with E-state index < -0.39 is 29.1 Å². The van der Waals surface area contributed by atoms with E-state index in [9.17, 15) is 19.2 Å². The van der Waals surface area contributed by atoms with Gasteiger partial charge in [-0.1, -0.05) is 52.0 Å². The number of piperidine rings is 2. The average molecular weight is 834 g/mol. The Balaban J connectivity index is 0.945. The number of amides is 3. The molecule has 0 spiro atoms. The van der Waals surface area contributed by atoms with Crippen LogP contribution in [0.5, 0.6) is 11.5 Å². The first kappa shape index (κ1) is 40.5. The maximum atomic E-state index is 14.1. The van der Waals surface area contributed by atoms with E-state index in [-0.39, 0.29) is 42.8 Å². The SMILES string of the molecule is COC(=O)C[C@H](C(=O)N1CC2CCC1(c1ncc(-c3ccc(-c4ccc(-c5cnc(C67CCC(CN6C(=O)[C@@H](NC(=O)OC)C(C)C)C7)[nH]5)c5c4OCO5)cc3)[nH]1)C2)C(C)C. The second-order valence-electron chi connectivity index (χ2n) is 18.3. The Labute approximate surface area is 355 Å². The van der Waals surface area contributed by atoms with E-state index in [0.29, 0.717) is 36.4 Å². The van der Waals surface area contributed by atoms with Crippen molar-refractivity contribution in [3.8, 4) is 45.1 Å². The average Bonchev–Trinajstić information content (AvgIpc) is 4.13. The molecule has 2 saturated heterocycles. The molecule has 5 heterocycles. The van der Waals surface area contributed by atoms with Crippen LogP contribution in [0.25, 0.3) is 33.6 Å². The van der Waals surface area contributed by atoms with Gasteiger partial charge in [0.2, 0.25) is 18.6 Å². The second kappa shape index (κ2) is 15.6. The number of nitrogens with zero attached hydrogens (tertiary/aromatic N) is 4. The highest BCUT2D eigenvalue weighted by molar-refractivity contribution is 5.88. The lowest BCUT2D eigenvalue weighted by molar-refractivity contribution is -0.151. The van der Waals surface area contributed by atoms with Crippen LogP contribution in [0.4, 0.5) is 4.79 Å². The van der Waals surface area contributed by atoms with Gasteiger partial charge >= 0.3 is 12.1 Å². The molecule has 322 valence electrons. The molecule has 4 aromatic rings. The molecule has 4 fully saturated rings. The molecule has 3 N–H and O–H groups in total. The van der Waals surface area contributed by atoms with E-state index in [1.165, 1.54) is 14.2 Å². The van der Waals surface area contributed by atoms with Crippen LogP contribution in [0.2, 0.25) is 0 Å². The number of likely N-dealkylation sites (tertiary alicyclic amines) is 2.